The van der Waals surface area contributed by atoms with Crippen LogP contribution >= 0.6 is 0 Å². The molecule has 4 atom stereocenters. The SMILES string of the molecule is Cn1c(=O)c(CN2C[C@H]3C[C@@H](n4cccn4)[C@H](O)C[C@H]3C2)cc2ccccc21. The van der Waals surface area contributed by atoms with Crippen LogP contribution in [-0.4, -0.2) is 43.5 Å². The van der Waals surface area contributed by atoms with Crippen molar-refractivity contribution in [3.63, 3.8) is 0 Å². The van der Waals surface area contributed by atoms with E-state index in [4.69, 9.17) is 0 Å². The number of aromatic nitrogens is 3. The predicted octanol–water partition coefficient (Wildman–Crippen LogP) is 2.18. The van der Waals surface area contributed by atoms with Gasteiger partial charge >= 0.3 is 0 Å². The van der Waals surface area contributed by atoms with Crippen molar-refractivity contribution in [2.45, 2.75) is 31.5 Å². The number of aliphatic hydroxyl groups excluding tert-OH is 1. The molecule has 1 saturated heterocycles. The van der Waals surface area contributed by atoms with Crippen LogP contribution in [0.15, 0.2) is 53.6 Å². The van der Waals surface area contributed by atoms with Crippen molar-refractivity contribution >= 4 is 10.9 Å². The third-order valence-electron chi connectivity index (χ3n) is 6.65. The summed E-state index contributed by atoms with van der Waals surface area (Å²) in [5, 5.41) is 16.1. The quantitative estimate of drug-likeness (QED) is 0.759. The molecule has 1 saturated carbocycles. The maximum atomic E-state index is 12.8. The first-order chi connectivity index (χ1) is 13.6. The summed E-state index contributed by atoms with van der Waals surface area (Å²) in [5.41, 5.74) is 1.91. The molecule has 0 spiro atoms. The van der Waals surface area contributed by atoms with Crippen LogP contribution in [0.1, 0.15) is 24.4 Å². The smallest absolute Gasteiger partial charge is 0.255 e. The highest BCUT2D eigenvalue weighted by atomic mass is 16.3. The lowest BCUT2D eigenvalue weighted by Gasteiger charge is -2.35. The average Bonchev–Trinajstić information content (AvgIpc) is 3.34. The zero-order valence-corrected chi connectivity index (χ0v) is 16.1. The predicted molar refractivity (Wildman–Crippen MR) is 108 cm³/mol. The fourth-order valence-corrected chi connectivity index (χ4v) is 5.24. The summed E-state index contributed by atoms with van der Waals surface area (Å²) in [6, 6.07) is 12.0. The monoisotopic (exact) mass is 378 g/mol. The van der Waals surface area contributed by atoms with Gasteiger partial charge in [-0.1, -0.05) is 18.2 Å². The Bertz CT molecular complexity index is 1040. The van der Waals surface area contributed by atoms with Gasteiger partial charge in [0, 0.05) is 44.6 Å². The molecule has 1 aliphatic carbocycles. The van der Waals surface area contributed by atoms with E-state index in [1.807, 2.05) is 48.3 Å². The van der Waals surface area contributed by atoms with Gasteiger partial charge in [-0.25, -0.2) is 0 Å². The first-order valence-electron chi connectivity index (χ1n) is 10.1. The third-order valence-corrected chi connectivity index (χ3v) is 6.65. The first kappa shape index (κ1) is 17.6. The molecule has 2 fully saturated rings. The zero-order valence-electron chi connectivity index (χ0n) is 16.1. The second-order valence-corrected chi connectivity index (χ2v) is 8.40. The molecule has 0 amide bonds. The van der Waals surface area contributed by atoms with Crippen molar-refractivity contribution < 1.29 is 5.11 Å². The van der Waals surface area contributed by atoms with Gasteiger partial charge in [-0.3, -0.25) is 14.4 Å². The lowest BCUT2D eigenvalue weighted by molar-refractivity contribution is 0.0306. The molecule has 0 bridgehead atoms. The van der Waals surface area contributed by atoms with Gasteiger partial charge in [0.15, 0.2) is 0 Å². The summed E-state index contributed by atoms with van der Waals surface area (Å²) in [6.45, 7) is 2.60. The van der Waals surface area contributed by atoms with Crippen LogP contribution in [-0.2, 0) is 13.6 Å². The van der Waals surface area contributed by atoms with Gasteiger partial charge in [0.1, 0.15) is 0 Å². The Morgan fingerprint density at radius 1 is 1.14 bits per heavy atom. The number of hydrogen-bond acceptors (Lipinski definition) is 4. The molecule has 146 valence electrons. The van der Waals surface area contributed by atoms with Crippen LogP contribution in [0.4, 0.5) is 0 Å². The number of benzene rings is 1. The normalized spacial score (nSPS) is 27.9. The molecule has 5 rings (SSSR count). The molecule has 2 aromatic heterocycles. The fourth-order valence-electron chi connectivity index (χ4n) is 5.24. The van der Waals surface area contributed by atoms with Crippen molar-refractivity contribution in [3.8, 4) is 0 Å². The highest BCUT2D eigenvalue weighted by molar-refractivity contribution is 5.79. The van der Waals surface area contributed by atoms with Crippen LogP contribution < -0.4 is 5.56 Å². The van der Waals surface area contributed by atoms with E-state index in [0.29, 0.717) is 18.4 Å². The second kappa shape index (κ2) is 6.87. The number of pyridine rings is 1. The molecule has 0 radical (unpaired) electrons. The average molecular weight is 378 g/mol. The van der Waals surface area contributed by atoms with E-state index >= 15 is 0 Å². The number of likely N-dealkylation sites (tertiary alicyclic amines) is 1. The van der Waals surface area contributed by atoms with E-state index in [-0.39, 0.29) is 17.7 Å². The maximum absolute atomic E-state index is 12.8. The number of aryl methyl sites for hydroxylation is 1. The lowest BCUT2D eigenvalue weighted by atomic mass is 9.77. The first-order valence-corrected chi connectivity index (χ1v) is 10.1. The summed E-state index contributed by atoms with van der Waals surface area (Å²) >= 11 is 0. The Morgan fingerprint density at radius 3 is 2.71 bits per heavy atom. The van der Waals surface area contributed by atoms with E-state index in [2.05, 4.69) is 16.1 Å². The molecule has 2 aliphatic rings. The summed E-state index contributed by atoms with van der Waals surface area (Å²) in [4.78, 5) is 15.2. The Labute approximate surface area is 164 Å². The Balaban J connectivity index is 1.35. The Hall–Kier alpha value is -2.44. The standard InChI is InChI=1S/C22H26N4O2/c1-24-19-6-3-2-5-15(19)9-18(22(24)28)14-25-12-16-10-20(26-8-4-7-23-26)21(27)11-17(16)13-25/h2-9,16-17,20-21,27H,10-14H2,1H3/t16-,17+,20-,21-/m1/s1. The zero-order chi connectivity index (χ0) is 19.3. The second-order valence-electron chi connectivity index (χ2n) is 8.40. The van der Waals surface area contributed by atoms with Gasteiger partial charge in [-0.15, -0.1) is 0 Å². The van der Waals surface area contributed by atoms with Gasteiger partial charge in [0.25, 0.3) is 5.56 Å². The number of nitrogens with zero attached hydrogens (tertiary/aromatic N) is 4. The lowest BCUT2D eigenvalue weighted by Crippen LogP contribution is -2.36. The van der Waals surface area contributed by atoms with Crippen LogP contribution in [0.2, 0.25) is 0 Å². The topological polar surface area (TPSA) is 63.3 Å². The molecule has 3 heterocycles. The molecule has 6 heteroatoms. The van der Waals surface area contributed by atoms with Crippen molar-refractivity contribution in [2.75, 3.05) is 13.1 Å². The molecule has 1 N–H and O–H groups in total. The summed E-state index contributed by atoms with van der Waals surface area (Å²) in [7, 11) is 1.85. The van der Waals surface area contributed by atoms with E-state index in [1.54, 1.807) is 10.8 Å². The van der Waals surface area contributed by atoms with Crippen LogP contribution in [0.3, 0.4) is 0 Å². The van der Waals surface area contributed by atoms with E-state index in [0.717, 1.165) is 42.4 Å². The minimum Gasteiger partial charge on any atom is -0.391 e. The number of fused-ring (bicyclic) bond motifs is 2. The number of rotatable bonds is 3. The molecule has 1 aliphatic heterocycles. The maximum Gasteiger partial charge on any atom is 0.255 e. The van der Waals surface area contributed by atoms with Crippen molar-refractivity contribution in [3.05, 3.63) is 64.7 Å². The molecule has 1 aromatic carbocycles. The summed E-state index contributed by atoms with van der Waals surface area (Å²) in [6.07, 6.45) is 5.12. The third kappa shape index (κ3) is 2.97. The van der Waals surface area contributed by atoms with Gasteiger partial charge in [-0.2, -0.15) is 5.10 Å². The summed E-state index contributed by atoms with van der Waals surface area (Å²) in [5.74, 6) is 1.04. The highest BCUT2D eigenvalue weighted by Gasteiger charge is 2.42. The minimum absolute atomic E-state index is 0.0599. The Morgan fingerprint density at radius 2 is 1.93 bits per heavy atom. The van der Waals surface area contributed by atoms with Crippen LogP contribution in [0.5, 0.6) is 0 Å². The van der Waals surface area contributed by atoms with E-state index < -0.39 is 0 Å². The molecule has 3 aromatic rings. The largest absolute Gasteiger partial charge is 0.391 e. The Kier molecular flexibility index (Phi) is 4.33. The van der Waals surface area contributed by atoms with Crippen LogP contribution in [0.25, 0.3) is 10.9 Å². The van der Waals surface area contributed by atoms with Gasteiger partial charge in [0.05, 0.1) is 17.7 Å². The molecule has 28 heavy (non-hydrogen) atoms. The number of hydrogen-bond donors (Lipinski definition) is 1. The minimum atomic E-state index is -0.352. The van der Waals surface area contributed by atoms with E-state index in [9.17, 15) is 9.90 Å². The van der Waals surface area contributed by atoms with Gasteiger partial charge in [0.2, 0.25) is 0 Å². The molecule has 0 unspecified atom stereocenters. The number of para-hydroxylation sites is 1. The highest BCUT2D eigenvalue weighted by Crippen LogP contribution is 2.41. The van der Waals surface area contributed by atoms with Crippen molar-refractivity contribution in [2.24, 2.45) is 18.9 Å². The van der Waals surface area contributed by atoms with Gasteiger partial charge < -0.3 is 9.67 Å². The molecular weight excluding hydrogens is 352 g/mol. The molecule has 6 nitrogen and oxygen atoms in total. The van der Waals surface area contributed by atoms with Gasteiger partial charge in [-0.05, 0) is 48.3 Å². The number of aliphatic hydroxyl groups is 1. The van der Waals surface area contributed by atoms with E-state index in [1.165, 1.54) is 0 Å². The van der Waals surface area contributed by atoms with Crippen molar-refractivity contribution in [1.29, 1.82) is 0 Å². The molecular formula is C22H26N4O2. The van der Waals surface area contributed by atoms with Crippen molar-refractivity contribution in [1.82, 2.24) is 19.2 Å². The van der Waals surface area contributed by atoms with Crippen LogP contribution in [0, 0.1) is 11.8 Å². The summed E-state index contributed by atoms with van der Waals surface area (Å²) < 4.78 is 3.66. The fraction of sp³-hybridized carbons (Fsp3) is 0.455.